The summed E-state index contributed by atoms with van der Waals surface area (Å²) in [5.41, 5.74) is 4.19. The van der Waals surface area contributed by atoms with E-state index in [1.807, 2.05) is 32.2 Å². The minimum Gasteiger partial charge on any atom is -0.346 e. The lowest BCUT2D eigenvalue weighted by molar-refractivity contribution is 0.0795. The van der Waals surface area contributed by atoms with Crippen LogP contribution in [-0.2, 0) is 6.42 Å². The second-order valence-electron chi connectivity index (χ2n) is 6.08. The van der Waals surface area contributed by atoms with Gasteiger partial charge >= 0.3 is 0 Å². The van der Waals surface area contributed by atoms with Crippen LogP contribution in [0.1, 0.15) is 47.2 Å². The molecule has 2 heterocycles. The van der Waals surface area contributed by atoms with Crippen LogP contribution in [-0.4, -0.2) is 34.0 Å². The molecule has 2 aromatic heterocycles. The van der Waals surface area contributed by atoms with Crippen molar-refractivity contribution in [2.24, 2.45) is 0 Å². The molecule has 2 rings (SSSR count). The number of nitrogens with zero attached hydrogens (tertiary/aromatic N) is 3. The molecular weight excluding hydrogens is 274 g/mol. The predicted octanol–water partition coefficient (Wildman–Crippen LogP) is 3.40. The molecule has 0 spiro atoms. The Bertz CT molecular complexity index is 644. The summed E-state index contributed by atoms with van der Waals surface area (Å²) in [5, 5.41) is 0. The summed E-state index contributed by atoms with van der Waals surface area (Å²) in [7, 11) is 1.87. The van der Waals surface area contributed by atoms with Gasteiger partial charge in [0.15, 0.2) is 0 Å². The summed E-state index contributed by atoms with van der Waals surface area (Å²) < 4.78 is 2.21. The minimum atomic E-state index is 0.0917. The first-order valence-electron chi connectivity index (χ1n) is 7.74. The van der Waals surface area contributed by atoms with Crippen LogP contribution in [0.25, 0.3) is 0 Å². The molecular formula is C18H25N3O. The van der Waals surface area contributed by atoms with Crippen LogP contribution >= 0.6 is 0 Å². The Labute approximate surface area is 132 Å². The van der Waals surface area contributed by atoms with E-state index in [1.165, 1.54) is 5.56 Å². The van der Waals surface area contributed by atoms with Crippen molar-refractivity contribution in [1.29, 1.82) is 0 Å². The molecule has 0 fully saturated rings. The lowest BCUT2D eigenvalue weighted by Gasteiger charge is -2.18. The molecule has 0 radical (unpaired) electrons. The summed E-state index contributed by atoms with van der Waals surface area (Å²) in [5.74, 6) is 0.0917. The van der Waals surface area contributed by atoms with E-state index in [-0.39, 0.29) is 5.91 Å². The largest absolute Gasteiger partial charge is 0.346 e. The molecule has 0 saturated heterocycles. The van der Waals surface area contributed by atoms with Gasteiger partial charge in [0.2, 0.25) is 0 Å². The van der Waals surface area contributed by atoms with Gasteiger partial charge in [-0.1, -0.05) is 0 Å². The van der Waals surface area contributed by atoms with Crippen molar-refractivity contribution in [2.45, 2.75) is 40.2 Å². The number of likely N-dealkylation sites (N-methyl/N-ethyl adjacent to an activating group) is 1. The van der Waals surface area contributed by atoms with Crippen LogP contribution < -0.4 is 0 Å². The van der Waals surface area contributed by atoms with Gasteiger partial charge in [-0.2, -0.15) is 0 Å². The maximum Gasteiger partial charge on any atom is 0.255 e. The molecule has 0 atom stereocenters. The number of aromatic nitrogens is 2. The zero-order chi connectivity index (χ0) is 16.3. The Kier molecular flexibility index (Phi) is 5.01. The zero-order valence-electron chi connectivity index (χ0n) is 14.1. The van der Waals surface area contributed by atoms with Gasteiger partial charge in [-0.15, -0.1) is 0 Å². The number of carbonyl (C=O) groups is 1. The summed E-state index contributed by atoms with van der Waals surface area (Å²) in [4.78, 5) is 18.5. The lowest BCUT2D eigenvalue weighted by atomic mass is 10.1. The van der Waals surface area contributed by atoms with Crippen LogP contribution in [0, 0.1) is 13.8 Å². The van der Waals surface area contributed by atoms with E-state index < -0.39 is 0 Å². The summed E-state index contributed by atoms with van der Waals surface area (Å²) in [6.45, 7) is 9.06. The topological polar surface area (TPSA) is 38.1 Å². The third kappa shape index (κ3) is 3.38. The quantitative estimate of drug-likeness (QED) is 0.848. The molecule has 22 heavy (non-hydrogen) atoms. The molecule has 4 nitrogen and oxygen atoms in total. The van der Waals surface area contributed by atoms with E-state index in [2.05, 4.69) is 30.3 Å². The molecule has 0 aliphatic heterocycles. The molecule has 0 bridgehead atoms. The van der Waals surface area contributed by atoms with E-state index in [1.54, 1.807) is 17.3 Å². The van der Waals surface area contributed by atoms with Gasteiger partial charge in [0.25, 0.3) is 5.91 Å². The van der Waals surface area contributed by atoms with Crippen molar-refractivity contribution < 1.29 is 4.79 Å². The molecule has 0 saturated carbocycles. The van der Waals surface area contributed by atoms with E-state index in [9.17, 15) is 4.79 Å². The van der Waals surface area contributed by atoms with Gasteiger partial charge in [-0.3, -0.25) is 9.78 Å². The van der Waals surface area contributed by atoms with Crippen LogP contribution in [0.5, 0.6) is 0 Å². The maximum atomic E-state index is 12.7. The van der Waals surface area contributed by atoms with E-state index in [0.29, 0.717) is 12.6 Å². The normalized spacial score (nSPS) is 11.0. The third-order valence-corrected chi connectivity index (χ3v) is 4.06. The maximum absolute atomic E-state index is 12.7. The van der Waals surface area contributed by atoms with Crippen molar-refractivity contribution in [2.75, 3.05) is 13.6 Å². The number of amides is 1. The minimum absolute atomic E-state index is 0.0917. The van der Waals surface area contributed by atoms with Crippen molar-refractivity contribution in [1.82, 2.24) is 14.5 Å². The number of hydrogen-bond donors (Lipinski definition) is 0. The summed E-state index contributed by atoms with van der Waals surface area (Å²) >= 11 is 0. The van der Waals surface area contributed by atoms with Crippen LogP contribution in [0.4, 0.5) is 0 Å². The molecule has 0 N–H and O–H groups in total. The first-order chi connectivity index (χ1) is 10.4. The molecule has 118 valence electrons. The van der Waals surface area contributed by atoms with Gasteiger partial charge in [-0.25, -0.2) is 0 Å². The molecule has 0 aliphatic rings. The molecule has 1 amide bonds. The third-order valence-electron chi connectivity index (χ3n) is 4.06. The van der Waals surface area contributed by atoms with E-state index in [4.69, 9.17) is 0 Å². The highest BCUT2D eigenvalue weighted by atomic mass is 16.2. The summed E-state index contributed by atoms with van der Waals surface area (Å²) in [6.07, 6.45) is 4.41. The highest BCUT2D eigenvalue weighted by molar-refractivity contribution is 5.95. The molecule has 2 aromatic rings. The Morgan fingerprint density at radius 1 is 1.27 bits per heavy atom. The second-order valence-corrected chi connectivity index (χ2v) is 6.08. The first-order valence-corrected chi connectivity index (χ1v) is 7.74. The standard InChI is InChI=1S/C18H25N3O/c1-13(2)21-14(3)12-17(15(21)4)18(22)20(5)11-8-16-6-9-19-10-7-16/h6-7,9-10,12-13H,8,11H2,1-5H3. The lowest BCUT2D eigenvalue weighted by Crippen LogP contribution is -2.29. The average Bonchev–Trinajstić information content (AvgIpc) is 2.80. The average molecular weight is 299 g/mol. The van der Waals surface area contributed by atoms with E-state index >= 15 is 0 Å². The Morgan fingerprint density at radius 3 is 2.45 bits per heavy atom. The summed E-state index contributed by atoms with van der Waals surface area (Å²) in [6, 6.07) is 6.34. The van der Waals surface area contributed by atoms with Crippen molar-refractivity contribution >= 4 is 5.91 Å². The van der Waals surface area contributed by atoms with Crippen molar-refractivity contribution in [3.8, 4) is 0 Å². The number of rotatable bonds is 5. The Morgan fingerprint density at radius 2 is 1.91 bits per heavy atom. The Hall–Kier alpha value is -2.10. The predicted molar refractivity (Wildman–Crippen MR) is 89.2 cm³/mol. The molecule has 0 aliphatic carbocycles. The van der Waals surface area contributed by atoms with Crippen molar-refractivity contribution in [3.63, 3.8) is 0 Å². The van der Waals surface area contributed by atoms with Gasteiger partial charge < -0.3 is 9.47 Å². The van der Waals surface area contributed by atoms with Crippen LogP contribution in [0.2, 0.25) is 0 Å². The second kappa shape index (κ2) is 6.77. The van der Waals surface area contributed by atoms with Crippen molar-refractivity contribution in [3.05, 3.63) is 53.1 Å². The van der Waals surface area contributed by atoms with Gasteiger partial charge in [-0.05, 0) is 57.9 Å². The fourth-order valence-corrected chi connectivity index (χ4v) is 2.94. The van der Waals surface area contributed by atoms with E-state index in [0.717, 1.165) is 23.4 Å². The molecule has 0 aromatic carbocycles. The molecule has 4 heteroatoms. The van der Waals surface area contributed by atoms with Gasteiger partial charge in [0.1, 0.15) is 0 Å². The highest BCUT2D eigenvalue weighted by Gasteiger charge is 2.19. The first kappa shape index (κ1) is 16.3. The number of aryl methyl sites for hydroxylation is 1. The highest BCUT2D eigenvalue weighted by Crippen LogP contribution is 2.21. The Balaban J connectivity index is 2.09. The number of pyridine rings is 1. The van der Waals surface area contributed by atoms with Gasteiger partial charge in [0, 0.05) is 43.4 Å². The SMILES string of the molecule is Cc1cc(C(=O)N(C)CCc2ccncc2)c(C)n1C(C)C. The number of carbonyl (C=O) groups excluding carboxylic acids is 1. The molecule has 0 unspecified atom stereocenters. The fourth-order valence-electron chi connectivity index (χ4n) is 2.94. The zero-order valence-corrected chi connectivity index (χ0v) is 14.1. The monoisotopic (exact) mass is 299 g/mol. The van der Waals surface area contributed by atoms with Crippen LogP contribution in [0.3, 0.4) is 0 Å². The van der Waals surface area contributed by atoms with Gasteiger partial charge in [0.05, 0.1) is 5.56 Å². The number of hydrogen-bond acceptors (Lipinski definition) is 2. The fraction of sp³-hybridized carbons (Fsp3) is 0.444. The van der Waals surface area contributed by atoms with Crippen LogP contribution in [0.15, 0.2) is 30.6 Å². The smallest absolute Gasteiger partial charge is 0.255 e.